The molecule has 4 aliphatic carbocycles. The van der Waals surface area contributed by atoms with E-state index < -0.39 is 11.8 Å². The zero-order valence-corrected chi connectivity index (χ0v) is 15.5. The third-order valence-corrected chi connectivity index (χ3v) is 8.90. The fourth-order valence-corrected chi connectivity index (χ4v) is 7.84. The predicted molar refractivity (Wildman–Crippen MR) is 93.2 cm³/mol. The SMILES string of the molecule is CC(O)[C@H]1CC[C@H]2[C@@H]3C[C@@H](F)C4C[C@](C)(O)CCC4[C@H]3CC[C@]12C. The average molecular weight is 339 g/mol. The molecule has 2 nitrogen and oxygen atoms in total. The van der Waals surface area contributed by atoms with Crippen molar-refractivity contribution in [1.29, 1.82) is 0 Å². The van der Waals surface area contributed by atoms with Gasteiger partial charge >= 0.3 is 0 Å². The molecule has 0 heterocycles. The van der Waals surface area contributed by atoms with E-state index in [1.54, 1.807) is 0 Å². The number of aliphatic hydroxyl groups is 2. The number of aliphatic hydroxyl groups excluding tert-OH is 1. The molecule has 4 saturated carbocycles. The van der Waals surface area contributed by atoms with Crippen LogP contribution in [0.3, 0.4) is 0 Å². The second-order valence-electron chi connectivity index (χ2n) is 10.2. The zero-order chi connectivity index (χ0) is 17.3. The maximum absolute atomic E-state index is 15.1. The van der Waals surface area contributed by atoms with Gasteiger partial charge in [0.05, 0.1) is 11.7 Å². The summed E-state index contributed by atoms with van der Waals surface area (Å²) in [5.41, 5.74) is -0.450. The molecule has 0 bridgehead atoms. The molecule has 0 saturated heterocycles. The van der Waals surface area contributed by atoms with Crippen molar-refractivity contribution >= 4 is 0 Å². The first-order valence-electron chi connectivity index (χ1n) is 10.3. The lowest BCUT2D eigenvalue weighted by Gasteiger charge is -2.58. The smallest absolute Gasteiger partial charge is 0.104 e. The molecule has 0 aromatic heterocycles. The number of halogens is 1. The van der Waals surface area contributed by atoms with Crippen LogP contribution in [-0.4, -0.2) is 28.1 Å². The normalized spacial score (nSPS) is 58.5. The summed E-state index contributed by atoms with van der Waals surface area (Å²) < 4.78 is 15.1. The van der Waals surface area contributed by atoms with Crippen LogP contribution in [0.2, 0.25) is 0 Å². The highest BCUT2D eigenvalue weighted by atomic mass is 19.1. The first-order chi connectivity index (χ1) is 11.2. The van der Waals surface area contributed by atoms with Gasteiger partial charge in [0.2, 0.25) is 0 Å². The quantitative estimate of drug-likeness (QED) is 0.747. The zero-order valence-electron chi connectivity index (χ0n) is 15.5. The van der Waals surface area contributed by atoms with Crippen LogP contribution in [0.1, 0.15) is 72.1 Å². The van der Waals surface area contributed by atoms with Gasteiger partial charge in [-0.3, -0.25) is 0 Å². The second kappa shape index (κ2) is 5.67. The number of hydrogen-bond donors (Lipinski definition) is 2. The molecular formula is C21H35FO2. The molecule has 0 aliphatic heterocycles. The van der Waals surface area contributed by atoms with Crippen molar-refractivity contribution in [3.8, 4) is 0 Å². The minimum Gasteiger partial charge on any atom is -0.393 e. The number of hydrogen-bond acceptors (Lipinski definition) is 2. The van der Waals surface area contributed by atoms with Crippen LogP contribution in [0, 0.1) is 40.9 Å². The van der Waals surface area contributed by atoms with E-state index in [1.807, 2.05) is 13.8 Å². The molecule has 3 heteroatoms. The van der Waals surface area contributed by atoms with E-state index in [0.717, 1.165) is 19.3 Å². The number of alkyl halides is 1. The third kappa shape index (κ3) is 2.48. The first kappa shape index (κ1) is 17.3. The van der Waals surface area contributed by atoms with Crippen LogP contribution in [0.15, 0.2) is 0 Å². The highest BCUT2D eigenvalue weighted by molar-refractivity contribution is 5.09. The summed E-state index contributed by atoms with van der Waals surface area (Å²) in [6.07, 6.45) is 6.91. The summed E-state index contributed by atoms with van der Waals surface area (Å²) in [7, 11) is 0. The van der Waals surface area contributed by atoms with Crippen LogP contribution < -0.4 is 0 Å². The number of rotatable bonds is 1. The lowest BCUT2D eigenvalue weighted by atomic mass is 9.48. The summed E-state index contributed by atoms with van der Waals surface area (Å²) >= 11 is 0. The fraction of sp³-hybridized carbons (Fsp3) is 1.00. The van der Waals surface area contributed by atoms with Gasteiger partial charge < -0.3 is 10.2 Å². The van der Waals surface area contributed by atoms with Crippen LogP contribution in [0.4, 0.5) is 4.39 Å². The van der Waals surface area contributed by atoms with Crippen LogP contribution in [-0.2, 0) is 0 Å². The van der Waals surface area contributed by atoms with Gasteiger partial charge in [-0.05, 0) is 106 Å². The van der Waals surface area contributed by atoms with Crippen molar-refractivity contribution < 1.29 is 14.6 Å². The molecule has 0 radical (unpaired) electrons. The number of fused-ring (bicyclic) bond motifs is 5. The van der Waals surface area contributed by atoms with E-state index in [1.165, 1.54) is 19.3 Å². The minimum atomic E-state index is -0.740. The fourth-order valence-electron chi connectivity index (χ4n) is 7.84. The lowest BCUT2D eigenvalue weighted by Crippen LogP contribution is -2.54. The summed E-state index contributed by atoms with van der Waals surface area (Å²) in [5.74, 6) is 2.71. The second-order valence-corrected chi connectivity index (χ2v) is 10.2. The van der Waals surface area contributed by atoms with Crippen molar-refractivity contribution in [3.63, 3.8) is 0 Å². The molecule has 10 atom stereocenters. The topological polar surface area (TPSA) is 40.5 Å². The molecule has 4 aliphatic rings. The Labute approximate surface area is 146 Å². The van der Waals surface area contributed by atoms with Crippen LogP contribution >= 0.6 is 0 Å². The molecule has 0 amide bonds. The van der Waals surface area contributed by atoms with Crippen molar-refractivity contribution in [1.82, 2.24) is 0 Å². The Bertz CT molecular complexity index is 490. The standard InChI is InChI=1S/C21H35FO2/c1-12(23)17-4-5-18-15-10-19(22)16-11-20(2,24)8-6-14(16)13(15)7-9-21(17,18)3/h12-19,23-24H,4-11H2,1-3H3/t12?,13-,14?,15-,16?,17-,18+,19-,20-,21-/m1/s1. The molecule has 4 fully saturated rings. The Hall–Kier alpha value is -0.150. The molecule has 3 unspecified atom stereocenters. The van der Waals surface area contributed by atoms with Gasteiger partial charge in [-0.2, -0.15) is 0 Å². The lowest BCUT2D eigenvalue weighted by molar-refractivity contribution is -0.131. The van der Waals surface area contributed by atoms with Crippen molar-refractivity contribution in [2.75, 3.05) is 0 Å². The van der Waals surface area contributed by atoms with Gasteiger partial charge in [-0.25, -0.2) is 4.39 Å². The molecular weight excluding hydrogens is 303 g/mol. The Morgan fingerprint density at radius 2 is 1.62 bits per heavy atom. The molecule has 0 aromatic carbocycles. The highest BCUT2D eigenvalue weighted by Crippen LogP contribution is 2.65. The van der Waals surface area contributed by atoms with E-state index in [-0.39, 0.29) is 17.4 Å². The van der Waals surface area contributed by atoms with Gasteiger partial charge in [0.15, 0.2) is 0 Å². The Morgan fingerprint density at radius 3 is 2.33 bits per heavy atom. The Balaban J connectivity index is 1.59. The van der Waals surface area contributed by atoms with E-state index in [9.17, 15) is 10.2 Å². The van der Waals surface area contributed by atoms with Gasteiger partial charge in [-0.15, -0.1) is 0 Å². The molecule has 4 rings (SSSR count). The monoisotopic (exact) mass is 338 g/mol. The largest absolute Gasteiger partial charge is 0.393 e. The van der Waals surface area contributed by atoms with Gasteiger partial charge in [0.25, 0.3) is 0 Å². The summed E-state index contributed by atoms with van der Waals surface area (Å²) in [4.78, 5) is 0. The Kier molecular flexibility index (Phi) is 4.08. The minimum absolute atomic E-state index is 0.0771. The van der Waals surface area contributed by atoms with Gasteiger partial charge in [-0.1, -0.05) is 6.92 Å². The van der Waals surface area contributed by atoms with E-state index in [2.05, 4.69) is 6.92 Å². The third-order valence-electron chi connectivity index (χ3n) is 8.90. The summed E-state index contributed by atoms with van der Waals surface area (Å²) in [6, 6.07) is 0. The molecule has 138 valence electrons. The summed E-state index contributed by atoms with van der Waals surface area (Å²) in [6.45, 7) is 6.22. The average Bonchev–Trinajstić information content (AvgIpc) is 2.85. The maximum atomic E-state index is 15.1. The van der Waals surface area contributed by atoms with Crippen molar-refractivity contribution in [3.05, 3.63) is 0 Å². The van der Waals surface area contributed by atoms with Crippen LogP contribution in [0.25, 0.3) is 0 Å². The highest BCUT2D eigenvalue weighted by Gasteiger charge is 2.59. The first-order valence-corrected chi connectivity index (χ1v) is 10.3. The predicted octanol–water partition coefficient (Wildman–Crippen LogP) is 4.34. The van der Waals surface area contributed by atoms with Crippen molar-refractivity contribution in [2.24, 2.45) is 40.9 Å². The molecule has 0 aromatic rings. The van der Waals surface area contributed by atoms with E-state index in [0.29, 0.717) is 42.4 Å². The van der Waals surface area contributed by atoms with Crippen LogP contribution in [0.5, 0.6) is 0 Å². The van der Waals surface area contributed by atoms with Gasteiger partial charge in [0, 0.05) is 0 Å². The van der Waals surface area contributed by atoms with Gasteiger partial charge in [0.1, 0.15) is 6.17 Å². The molecule has 2 N–H and O–H groups in total. The van der Waals surface area contributed by atoms with E-state index >= 15 is 4.39 Å². The maximum Gasteiger partial charge on any atom is 0.104 e. The van der Waals surface area contributed by atoms with Crippen molar-refractivity contribution in [2.45, 2.75) is 90.0 Å². The summed E-state index contributed by atoms with van der Waals surface area (Å²) in [5, 5.41) is 20.7. The molecule has 0 spiro atoms. The van der Waals surface area contributed by atoms with E-state index in [4.69, 9.17) is 0 Å². The molecule has 24 heavy (non-hydrogen) atoms. The Morgan fingerprint density at radius 1 is 0.958 bits per heavy atom.